The second kappa shape index (κ2) is 7.04. The van der Waals surface area contributed by atoms with Crippen LogP contribution in [0, 0.1) is 18.5 Å². The fourth-order valence-electron chi connectivity index (χ4n) is 2.49. The molecule has 0 aliphatic heterocycles. The van der Waals surface area contributed by atoms with E-state index in [2.05, 4.69) is 35.1 Å². The topological polar surface area (TPSA) is 52.5 Å². The number of nitrogens with two attached hydrogens (primary N) is 1. The Hall–Kier alpha value is -1.02. The van der Waals surface area contributed by atoms with E-state index in [-0.39, 0.29) is 0 Å². The van der Waals surface area contributed by atoms with Crippen molar-refractivity contribution in [2.45, 2.75) is 27.1 Å². The smallest absolute Gasteiger partial charge is 0.251 e. The molecule has 2 heterocycles. The summed E-state index contributed by atoms with van der Waals surface area (Å²) >= 11 is 10.7. The van der Waals surface area contributed by atoms with E-state index in [0.29, 0.717) is 16.9 Å². The van der Waals surface area contributed by atoms with Crippen LogP contribution in [0.2, 0.25) is 0 Å². The Morgan fingerprint density at radius 3 is 2.68 bits per heavy atom. The lowest BCUT2D eigenvalue weighted by molar-refractivity contribution is -0.916. The number of hydrogen-bond donors (Lipinski definition) is 2. The summed E-state index contributed by atoms with van der Waals surface area (Å²) in [6, 6.07) is 6.14. The Bertz CT molecular complexity index is 767. The molecule has 22 heavy (non-hydrogen) atoms. The monoisotopic (exact) mass is 400 g/mol. The van der Waals surface area contributed by atoms with Gasteiger partial charge < -0.3 is 10.6 Å². The minimum atomic E-state index is -0.462. The summed E-state index contributed by atoms with van der Waals surface area (Å²) in [5.41, 5.74) is 7.79. The van der Waals surface area contributed by atoms with Gasteiger partial charge in [0.2, 0.25) is 0 Å². The number of thiophene rings is 1. The van der Waals surface area contributed by atoms with Crippen LogP contribution in [0.25, 0.3) is 0 Å². The van der Waals surface area contributed by atoms with Gasteiger partial charge in [0.25, 0.3) is 5.91 Å². The molecule has 0 saturated heterocycles. The summed E-state index contributed by atoms with van der Waals surface area (Å²) in [7, 11) is 2.11. The molecule has 3 N–H and O–H groups in total. The number of amides is 1. The van der Waals surface area contributed by atoms with Crippen molar-refractivity contribution in [1.82, 2.24) is 4.57 Å². The van der Waals surface area contributed by atoms with Gasteiger partial charge in [-0.2, -0.15) is 0 Å². The molecule has 0 saturated carbocycles. The first-order valence-corrected chi connectivity index (χ1v) is 8.87. The highest BCUT2D eigenvalue weighted by atomic mass is 79.9. The zero-order valence-electron chi connectivity index (χ0n) is 12.8. The molecular formula is C15H19BrN3OS2+. The third kappa shape index (κ3) is 3.84. The predicted octanol–water partition coefficient (Wildman–Crippen LogP) is 2.43. The molecule has 0 spiro atoms. The number of hydrogen-bond acceptors (Lipinski definition) is 3. The number of primary amides is 1. The van der Waals surface area contributed by atoms with Gasteiger partial charge in [-0.3, -0.25) is 9.36 Å². The van der Waals surface area contributed by atoms with Crippen molar-refractivity contribution in [3.63, 3.8) is 0 Å². The zero-order chi connectivity index (χ0) is 16.4. The Labute approximate surface area is 147 Å². The molecule has 0 aliphatic rings. The van der Waals surface area contributed by atoms with E-state index in [1.165, 1.54) is 9.78 Å². The number of nitrogens with one attached hydrogen (secondary N) is 1. The van der Waals surface area contributed by atoms with E-state index in [0.717, 1.165) is 21.6 Å². The number of quaternary nitrogens is 1. The van der Waals surface area contributed by atoms with Crippen LogP contribution in [0.5, 0.6) is 0 Å². The predicted molar refractivity (Wildman–Crippen MR) is 95.9 cm³/mol. The minimum Gasteiger partial charge on any atom is -0.365 e. The Morgan fingerprint density at radius 2 is 2.14 bits per heavy atom. The van der Waals surface area contributed by atoms with Crippen LogP contribution >= 0.6 is 39.5 Å². The van der Waals surface area contributed by atoms with Crippen LogP contribution in [0.4, 0.5) is 0 Å². The highest BCUT2D eigenvalue weighted by molar-refractivity contribution is 9.11. The molecule has 1 atom stereocenters. The van der Waals surface area contributed by atoms with Crippen LogP contribution in [0.1, 0.15) is 26.5 Å². The quantitative estimate of drug-likeness (QED) is 0.757. The zero-order valence-corrected chi connectivity index (χ0v) is 16.0. The van der Waals surface area contributed by atoms with E-state index in [1.807, 2.05) is 24.5 Å². The van der Waals surface area contributed by atoms with Crippen molar-refractivity contribution in [1.29, 1.82) is 0 Å². The van der Waals surface area contributed by atoms with Crippen molar-refractivity contribution in [2.75, 3.05) is 7.05 Å². The van der Waals surface area contributed by atoms with Gasteiger partial charge in [-0.25, -0.2) is 0 Å². The summed E-state index contributed by atoms with van der Waals surface area (Å²) in [6.07, 6.45) is 0. The van der Waals surface area contributed by atoms with Gasteiger partial charge in [-0.05, 0) is 53.5 Å². The molecule has 1 unspecified atom stereocenters. The van der Waals surface area contributed by atoms with Gasteiger partial charge in [-0.1, -0.05) is 12.2 Å². The number of carbonyl (C=O) groups is 1. The lowest BCUT2D eigenvalue weighted by Crippen LogP contribution is -3.06. The highest BCUT2D eigenvalue weighted by Crippen LogP contribution is 2.21. The molecule has 2 aromatic rings. The van der Waals surface area contributed by atoms with Crippen molar-refractivity contribution in [3.05, 3.63) is 48.3 Å². The molecule has 118 valence electrons. The summed E-state index contributed by atoms with van der Waals surface area (Å²) in [6.45, 7) is 5.47. The van der Waals surface area contributed by atoms with Crippen LogP contribution in [0.15, 0.2) is 22.0 Å². The van der Waals surface area contributed by atoms with E-state index in [4.69, 9.17) is 18.0 Å². The molecule has 2 rings (SSSR count). The van der Waals surface area contributed by atoms with E-state index in [1.54, 1.807) is 11.3 Å². The number of aromatic nitrogens is 1. The molecule has 0 aromatic carbocycles. The molecule has 2 aromatic heterocycles. The van der Waals surface area contributed by atoms with Crippen molar-refractivity contribution < 1.29 is 9.69 Å². The fourth-order valence-corrected chi connectivity index (χ4v) is 4.56. The number of pyridine rings is 1. The van der Waals surface area contributed by atoms with Crippen molar-refractivity contribution >= 4 is 45.4 Å². The maximum absolute atomic E-state index is 11.6. The first-order chi connectivity index (χ1) is 10.3. The minimum absolute atomic E-state index is 0.451. The van der Waals surface area contributed by atoms with Crippen LogP contribution in [-0.4, -0.2) is 17.5 Å². The number of nitrogens with zero attached hydrogens (tertiary/aromatic N) is 1. The normalized spacial score (nSPS) is 12.4. The van der Waals surface area contributed by atoms with E-state index >= 15 is 0 Å². The third-order valence-electron chi connectivity index (χ3n) is 3.48. The summed E-state index contributed by atoms with van der Waals surface area (Å²) in [5, 5.41) is 0. The Kier molecular flexibility index (Phi) is 5.55. The highest BCUT2D eigenvalue weighted by Gasteiger charge is 2.15. The first-order valence-electron chi connectivity index (χ1n) is 6.86. The number of halogens is 1. The second-order valence-electron chi connectivity index (χ2n) is 5.44. The van der Waals surface area contributed by atoms with Crippen LogP contribution < -0.4 is 10.6 Å². The Morgan fingerprint density at radius 1 is 1.45 bits per heavy atom. The summed E-state index contributed by atoms with van der Waals surface area (Å²) in [5.74, 6) is -0.462. The fraction of sp³-hybridized carbons (Fsp3) is 0.333. The average molecular weight is 401 g/mol. The Balaban J connectivity index is 2.27. The molecular weight excluding hydrogens is 382 g/mol. The number of aryl methyl sites for hydroxylation is 2. The SMILES string of the molecule is Cc1cc(C)n(C[NH+](C)Cc2ccc(Br)s2)c(=S)c1C(N)=O. The van der Waals surface area contributed by atoms with Gasteiger partial charge in [-0.15, -0.1) is 11.3 Å². The molecule has 7 heteroatoms. The number of carbonyl (C=O) groups excluding carboxylic acids is 1. The average Bonchev–Trinajstić information content (AvgIpc) is 2.79. The second-order valence-corrected chi connectivity index (χ2v) is 8.37. The summed E-state index contributed by atoms with van der Waals surface area (Å²) in [4.78, 5) is 14.2. The van der Waals surface area contributed by atoms with E-state index < -0.39 is 5.91 Å². The number of rotatable bonds is 5. The van der Waals surface area contributed by atoms with Gasteiger partial charge >= 0.3 is 0 Å². The first kappa shape index (κ1) is 17.3. The molecule has 0 bridgehead atoms. The third-order valence-corrected chi connectivity index (χ3v) is 5.53. The standard InChI is InChI=1S/C15H18BrN3OS2/c1-9-6-10(2)19(15(21)13(9)14(17)20)8-18(3)7-11-4-5-12(16)22-11/h4-6H,7-8H2,1-3H3,(H2,17,20)/p+1. The van der Waals surface area contributed by atoms with Gasteiger partial charge in [0.1, 0.15) is 11.2 Å². The lowest BCUT2D eigenvalue weighted by atomic mass is 10.1. The van der Waals surface area contributed by atoms with Gasteiger partial charge in [0, 0.05) is 5.69 Å². The van der Waals surface area contributed by atoms with Crippen molar-refractivity contribution in [2.24, 2.45) is 5.73 Å². The molecule has 0 fully saturated rings. The largest absolute Gasteiger partial charge is 0.365 e. The van der Waals surface area contributed by atoms with E-state index in [9.17, 15) is 4.79 Å². The van der Waals surface area contributed by atoms with Crippen LogP contribution in [0.3, 0.4) is 0 Å². The van der Waals surface area contributed by atoms with Crippen molar-refractivity contribution in [3.8, 4) is 0 Å². The maximum Gasteiger partial charge on any atom is 0.251 e. The molecule has 0 radical (unpaired) electrons. The molecule has 0 aliphatic carbocycles. The van der Waals surface area contributed by atoms with Crippen LogP contribution in [-0.2, 0) is 13.2 Å². The lowest BCUT2D eigenvalue weighted by Gasteiger charge is -2.19. The summed E-state index contributed by atoms with van der Waals surface area (Å²) < 4.78 is 3.64. The van der Waals surface area contributed by atoms with Gasteiger partial charge in [0.05, 0.1) is 21.3 Å². The molecule has 4 nitrogen and oxygen atoms in total. The maximum atomic E-state index is 11.6. The molecule has 1 amide bonds. The van der Waals surface area contributed by atoms with Gasteiger partial charge in [0.15, 0.2) is 6.67 Å².